The van der Waals surface area contributed by atoms with Crippen LogP contribution in [0.3, 0.4) is 0 Å². The molecule has 3 heterocycles. The van der Waals surface area contributed by atoms with Crippen molar-refractivity contribution in [2.45, 2.75) is 50.9 Å². The number of hydrogen-bond donors (Lipinski definition) is 4. The number of benzene rings is 2. The summed E-state index contributed by atoms with van der Waals surface area (Å²) >= 11 is 0. The van der Waals surface area contributed by atoms with Crippen LogP contribution < -0.4 is 21.1 Å². The molecular formula is C33H36FN7O3. The zero-order chi connectivity index (χ0) is 31.2. The van der Waals surface area contributed by atoms with Gasteiger partial charge in [0.1, 0.15) is 11.6 Å². The molecule has 0 bridgehead atoms. The van der Waals surface area contributed by atoms with Gasteiger partial charge < -0.3 is 21.1 Å². The van der Waals surface area contributed by atoms with Gasteiger partial charge in [0.05, 0.1) is 24.9 Å². The van der Waals surface area contributed by atoms with Crippen LogP contribution in [0.25, 0.3) is 0 Å². The molecule has 5 rings (SSSR count). The molecule has 0 radical (unpaired) electrons. The van der Waals surface area contributed by atoms with Gasteiger partial charge >= 0.3 is 0 Å². The van der Waals surface area contributed by atoms with Crippen LogP contribution in [0.5, 0.6) is 5.75 Å². The molecule has 1 aromatic heterocycles. The number of hydrogen-bond acceptors (Lipinski definition) is 8. The lowest BCUT2D eigenvalue weighted by molar-refractivity contribution is -0.128. The van der Waals surface area contributed by atoms with Crippen LogP contribution in [0.4, 0.5) is 10.1 Å². The molecule has 44 heavy (non-hydrogen) atoms. The molecule has 2 unspecified atom stereocenters. The zero-order valence-electron chi connectivity index (χ0n) is 24.7. The fourth-order valence-corrected chi connectivity index (χ4v) is 5.61. The highest BCUT2D eigenvalue weighted by Gasteiger charge is 2.35. The highest BCUT2D eigenvalue weighted by atomic mass is 19.1. The quantitative estimate of drug-likeness (QED) is 0.218. The molecule has 11 heteroatoms. The molecule has 0 spiro atoms. The third kappa shape index (κ3) is 7.00. The molecular weight excluding hydrogens is 561 g/mol. The number of amides is 2. The van der Waals surface area contributed by atoms with Crippen LogP contribution in [-0.2, 0) is 11.3 Å². The topological polar surface area (TPSA) is 146 Å². The minimum absolute atomic E-state index is 0.122. The Kier molecular flexibility index (Phi) is 9.44. The number of aryl methyl sites for hydroxylation is 1. The van der Waals surface area contributed by atoms with Gasteiger partial charge in [0.15, 0.2) is 0 Å². The number of pyridine rings is 1. The second kappa shape index (κ2) is 13.6. The largest absolute Gasteiger partial charge is 0.496 e. The number of anilines is 1. The number of nitrogens with two attached hydrogens (primary N) is 1. The number of likely N-dealkylation sites (tertiary alicyclic amines) is 1. The molecule has 10 nitrogen and oxygen atoms in total. The number of nitrogen functional groups attached to an aromatic ring is 1. The molecule has 2 aromatic carbocycles. The van der Waals surface area contributed by atoms with E-state index in [4.69, 9.17) is 15.9 Å². The number of piperidine rings is 1. The summed E-state index contributed by atoms with van der Waals surface area (Å²) in [6, 6.07) is 12.0. The van der Waals surface area contributed by atoms with Gasteiger partial charge in [0.2, 0.25) is 5.91 Å². The van der Waals surface area contributed by atoms with E-state index in [2.05, 4.69) is 20.6 Å². The lowest BCUT2D eigenvalue weighted by Crippen LogP contribution is -2.57. The van der Waals surface area contributed by atoms with Crippen molar-refractivity contribution in [2.24, 2.45) is 4.99 Å². The first-order valence-corrected chi connectivity index (χ1v) is 14.5. The van der Waals surface area contributed by atoms with Crippen molar-refractivity contribution in [1.82, 2.24) is 20.5 Å². The number of halogens is 1. The third-order valence-electron chi connectivity index (χ3n) is 7.95. The summed E-state index contributed by atoms with van der Waals surface area (Å²) in [6.07, 6.45) is 8.47. The van der Waals surface area contributed by atoms with E-state index in [0.717, 1.165) is 5.69 Å². The van der Waals surface area contributed by atoms with Gasteiger partial charge in [0, 0.05) is 77.8 Å². The van der Waals surface area contributed by atoms with E-state index in [1.165, 1.54) is 13.2 Å². The normalized spacial score (nSPS) is 19.8. The highest BCUT2D eigenvalue weighted by molar-refractivity contribution is 6.14. The van der Waals surface area contributed by atoms with Gasteiger partial charge in [-0.15, -0.1) is 0 Å². The number of carbonyl (C=O) groups excluding carboxylic acids is 2. The third-order valence-corrected chi connectivity index (χ3v) is 7.95. The van der Waals surface area contributed by atoms with Crippen LogP contribution in [0.15, 0.2) is 72.0 Å². The van der Waals surface area contributed by atoms with E-state index in [9.17, 15) is 14.0 Å². The molecule has 1 saturated heterocycles. The van der Waals surface area contributed by atoms with Crippen LogP contribution in [-0.4, -0.2) is 65.4 Å². The number of carbonyl (C=O) groups is 2. The minimum atomic E-state index is -0.535. The monoisotopic (exact) mass is 597 g/mol. The van der Waals surface area contributed by atoms with Crippen molar-refractivity contribution in [1.29, 1.82) is 5.41 Å². The molecule has 3 aromatic rings. The Hall–Kier alpha value is -4.90. The first-order chi connectivity index (χ1) is 21.2. The fraction of sp³-hybridized carbons (Fsp3) is 0.303. The Morgan fingerprint density at radius 1 is 1.14 bits per heavy atom. The van der Waals surface area contributed by atoms with Crippen LogP contribution in [0, 0.1) is 18.2 Å². The second-order valence-electron chi connectivity index (χ2n) is 11.0. The van der Waals surface area contributed by atoms with E-state index >= 15 is 0 Å². The summed E-state index contributed by atoms with van der Waals surface area (Å²) in [6.45, 7) is 2.28. The zero-order valence-corrected chi connectivity index (χ0v) is 24.7. The predicted molar refractivity (Wildman–Crippen MR) is 168 cm³/mol. The Morgan fingerprint density at radius 3 is 2.73 bits per heavy atom. The Morgan fingerprint density at radius 2 is 1.98 bits per heavy atom. The maximum Gasteiger partial charge on any atom is 0.251 e. The smallest absolute Gasteiger partial charge is 0.251 e. The van der Waals surface area contributed by atoms with Crippen LogP contribution in [0.1, 0.15) is 52.0 Å². The maximum absolute atomic E-state index is 15.0. The lowest BCUT2D eigenvalue weighted by Gasteiger charge is -2.39. The van der Waals surface area contributed by atoms with Crippen LogP contribution in [0.2, 0.25) is 0 Å². The maximum atomic E-state index is 15.0. The van der Waals surface area contributed by atoms with Crippen molar-refractivity contribution < 1.29 is 18.7 Å². The number of rotatable bonds is 9. The van der Waals surface area contributed by atoms with E-state index < -0.39 is 11.9 Å². The fourth-order valence-electron chi connectivity index (χ4n) is 5.61. The highest BCUT2D eigenvalue weighted by Crippen LogP contribution is 2.28. The van der Waals surface area contributed by atoms with Crippen molar-refractivity contribution in [3.63, 3.8) is 0 Å². The van der Waals surface area contributed by atoms with E-state index in [-0.39, 0.29) is 36.2 Å². The molecule has 0 saturated carbocycles. The van der Waals surface area contributed by atoms with Gasteiger partial charge in [-0.2, -0.15) is 0 Å². The van der Waals surface area contributed by atoms with Crippen molar-refractivity contribution in [2.75, 3.05) is 19.4 Å². The van der Waals surface area contributed by atoms with Gasteiger partial charge in [-0.05, 0) is 68.3 Å². The summed E-state index contributed by atoms with van der Waals surface area (Å²) in [5.41, 5.74) is 9.34. The molecule has 2 aliphatic rings. The number of aromatic nitrogens is 1. The average Bonchev–Trinajstić information content (AvgIpc) is 3.02. The first-order valence-electron chi connectivity index (χ1n) is 14.5. The SMILES string of the molecule is COc1cccc(F)c1CN1C[C@H](NC(=O)c2ccc(N)c(C(=N)c3ccnc(C)c3)c2)CCC1C(=O)NC1C=CN=CC1. The van der Waals surface area contributed by atoms with E-state index in [1.807, 2.05) is 17.9 Å². The minimum Gasteiger partial charge on any atom is -0.496 e. The van der Waals surface area contributed by atoms with Gasteiger partial charge in [-0.3, -0.25) is 29.9 Å². The number of methoxy groups -OCH3 is 1. The first kappa shape index (κ1) is 30.6. The predicted octanol–water partition coefficient (Wildman–Crippen LogP) is 3.77. The van der Waals surface area contributed by atoms with Gasteiger partial charge in [0.25, 0.3) is 5.91 Å². The van der Waals surface area contributed by atoms with Gasteiger partial charge in [-0.25, -0.2) is 4.39 Å². The molecule has 2 aliphatic heterocycles. The summed E-state index contributed by atoms with van der Waals surface area (Å²) in [5, 5.41) is 14.8. The van der Waals surface area contributed by atoms with Crippen molar-refractivity contribution in [3.8, 4) is 5.75 Å². The van der Waals surface area contributed by atoms with E-state index in [0.29, 0.717) is 59.5 Å². The number of aliphatic imine (C=N–C) groups is 1. The van der Waals surface area contributed by atoms with Crippen LogP contribution >= 0.6 is 0 Å². The molecule has 5 N–H and O–H groups in total. The summed E-state index contributed by atoms with van der Waals surface area (Å²) in [7, 11) is 1.48. The average molecular weight is 598 g/mol. The second-order valence-corrected chi connectivity index (χ2v) is 11.0. The van der Waals surface area contributed by atoms with E-state index in [1.54, 1.807) is 61.1 Å². The lowest BCUT2D eigenvalue weighted by atomic mass is 9.95. The number of ether oxygens (including phenoxy) is 1. The molecule has 1 fully saturated rings. The Balaban J connectivity index is 1.34. The Bertz CT molecular complexity index is 1620. The molecule has 3 atom stereocenters. The summed E-state index contributed by atoms with van der Waals surface area (Å²) < 4.78 is 20.4. The summed E-state index contributed by atoms with van der Waals surface area (Å²) in [4.78, 5) is 37.0. The summed E-state index contributed by atoms with van der Waals surface area (Å²) in [5.74, 6) is -0.527. The molecule has 228 valence electrons. The molecule has 0 aliphatic carbocycles. The Labute approximate surface area is 255 Å². The molecule has 2 amide bonds. The van der Waals surface area contributed by atoms with Crippen molar-refractivity contribution >= 4 is 29.4 Å². The van der Waals surface area contributed by atoms with Gasteiger partial charge in [-0.1, -0.05) is 6.07 Å². The standard InChI is InChI=1S/C33H36FN7O3/c1-20-16-21(10-15-38-20)31(36)25-17-22(6-8-28(25)35)32(42)40-24-7-9-29(33(43)39-23-11-13-37-14-12-23)41(18-24)19-26-27(34)4-3-5-30(26)44-2/h3-6,8,10-11,13-17,23-24,29,36H,7,9,12,18-19,35H2,1-2H3,(H,39,43)(H,40,42)/t23?,24-,29?/m1/s1. The number of nitrogens with zero attached hydrogens (tertiary/aromatic N) is 3. The number of nitrogens with one attached hydrogen (secondary N) is 3. The van der Waals surface area contributed by atoms with Crippen molar-refractivity contribution in [3.05, 3.63) is 101 Å².